The molecule has 0 bridgehead atoms. The van der Waals surface area contributed by atoms with Crippen molar-refractivity contribution in [1.29, 1.82) is 5.26 Å². The van der Waals surface area contributed by atoms with E-state index in [1.807, 2.05) is 11.4 Å². The molecule has 14 heavy (non-hydrogen) atoms. The lowest BCUT2D eigenvalue weighted by Crippen LogP contribution is -1.96. The van der Waals surface area contributed by atoms with Crippen LogP contribution in [0.5, 0.6) is 0 Å². The molecule has 2 nitrogen and oxygen atoms in total. The lowest BCUT2D eigenvalue weighted by Gasteiger charge is -2.05. The van der Waals surface area contributed by atoms with Gasteiger partial charge in [-0.15, -0.1) is 11.3 Å². The molecule has 1 aromatic heterocycles. The first-order valence-electron chi connectivity index (χ1n) is 4.05. The van der Waals surface area contributed by atoms with Gasteiger partial charge in [-0.3, -0.25) is 0 Å². The molecule has 1 heterocycles. The SMILES string of the molecule is N#CCc1cc2sccc2c(I)c1N. The third-order valence-electron chi connectivity index (χ3n) is 2.09. The smallest absolute Gasteiger partial charge is 0.0670 e. The van der Waals surface area contributed by atoms with Crippen molar-refractivity contribution in [2.45, 2.75) is 6.42 Å². The van der Waals surface area contributed by atoms with Crippen LogP contribution in [-0.4, -0.2) is 0 Å². The average Bonchev–Trinajstić information content (AvgIpc) is 2.62. The second-order valence-corrected chi connectivity index (χ2v) is 4.96. The molecule has 2 N–H and O–H groups in total. The van der Waals surface area contributed by atoms with Crippen molar-refractivity contribution < 1.29 is 0 Å². The minimum atomic E-state index is 0.385. The Morgan fingerprint density at radius 2 is 2.36 bits per heavy atom. The van der Waals surface area contributed by atoms with E-state index in [1.165, 1.54) is 10.1 Å². The maximum absolute atomic E-state index is 8.65. The minimum absolute atomic E-state index is 0.385. The summed E-state index contributed by atoms with van der Waals surface area (Å²) in [6, 6.07) is 6.21. The van der Waals surface area contributed by atoms with Gasteiger partial charge in [0.2, 0.25) is 0 Å². The highest BCUT2D eigenvalue weighted by Crippen LogP contribution is 2.32. The number of anilines is 1. The van der Waals surface area contributed by atoms with Gasteiger partial charge < -0.3 is 5.73 Å². The van der Waals surface area contributed by atoms with E-state index in [-0.39, 0.29) is 0 Å². The predicted octanol–water partition coefficient (Wildman–Crippen LogP) is 3.15. The molecule has 70 valence electrons. The van der Waals surface area contributed by atoms with Gasteiger partial charge in [-0.1, -0.05) is 0 Å². The maximum atomic E-state index is 8.65. The molecule has 4 heteroatoms. The molecule has 0 aliphatic carbocycles. The second-order valence-electron chi connectivity index (χ2n) is 2.93. The van der Waals surface area contributed by atoms with E-state index in [0.29, 0.717) is 6.42 Å². The molecule has 0 radical (unpaired) electrons. The molecule has 0 atom stereocenters. The molecular formula is C10H7IN2S. The summed E-state index contributed by atoms with van der Waals surface area (Å²) in [4.78, 5) is 0. The Morgan fingerprint density at radius 1 is 1.57 bits per heavy atom. The fourth-order valence-electron chi connectivity index (χ4n) is 1.37. The average molecular weight is 314 g/mol. The highest BCUT2D eigenvalue weighted by Gasteiger charge is 2.08. The molecule has 0 saturated carbocycles. The Hall–Kier alpha value is -0.800. The number of halogens is 1. The zero-order valence-electron chi connectivity index (χ0n) is 7.25. The van der Waals surface area contributed by atoms with Gasteiger partial charge in [0.1, 0.15) is 0 Å². The Balaban J connectivity index is 2.75. The van der Waals surface area contributed by atoms with E-state index in [4.69, 9.17) is 11.0 Å². The van der Waals surface area contributed by atoms with Crippen LogP contribution in [0.4, 0.5) is 5.69 Å². The zero-order chi connectivity index (χ0) is 10.1. The normalized spacial score (nSPS) is 10.3. The zero-order valence-corrected chi connectivity index (χ0v) is 10.2. The van der Waals surface area contributed by atoms with Crippen LogP contribution in [0.2, 0.25) is 0 Å². The summed E-state index contributed by atoms with van der Waals surface area (Å²) in [5.74, 6) is 0. The van der Waals surface area contributed by atoms with E-state index in [1.54, 1.807) is 11.3 Å². The summed E-state index contributed by atoms with van der Waals surface area (Å²) in [6.45, 7) is 0. The molecule has 0 unspecified atom stereocenters. The summed E-state index contributed by atoms with van der Waals surface area (Å²) in [5, 5.41) is 11.9. The van der Waals surface area contributed by atoms with E-state index in [0.717, 1.165) is 14.8 Å². The summed E-state index contributed by atoms with van der Waals surface area (Å²) >= 11 is 3.92. The first-order valence-corrected chi connectivity index (χ1v) is 6.01. The Labute approximate surface area is 99.5 Å². The van der Waals surface area contributed by atoms with Crippen LogP contribution in [-0.2, 0) is 6.42 Å². The number of benzene rings is 1. The van der Waals surface area contributed by atoms with Gasteiger partial charge in [-0.25, -0.2) is 0 Å². The lowest BCUT2D eigenvalue weighted by molar-refractivity contribution is 1.27. The monoisotopic (exact) mass is 314 g/mol. The van der Waals surface area contributed by atoms with E-state index in [2.05, 4.69) is 34.7 Å². The van der Waals surface area contributed by atoms with Crippen molar-refractivity contribution >= 4 is 49.7 Å². The maximum Gasteiger partial charge on any atom is 0.0670 e. The van der Waals surface area contributed by atoms with Crippen molar-refractivity contribution in [2.75, 3.05) is 5.73 Å². The van der Waals surface area contributed by atoms with Crippen LogP contribution in [0.15, 0.2) is 17.5 Å². The number of hydrogen-bond acceptors (Lipinski definition) is 3. The highest BCUT2D eigenvalue weighted by atomic mass is 127. The Morgan fingerprint density at radius 3 is 3.07 bits per heavy atom. The van der Waals surface area contributed by atoms with Gasteiger partial charge in [-0.2, -0.15) is 5.26 Å². The van der Waals surface area contributed by atoms with Gasteiger partial charge >= 0.3 is 0 Å². The van der Waals surface area contributed by atoms with E-state index >= 15 is 0 Å². The summed E-state index contributed by atoms with van der Waals surface area (Å²) < 4.78 is 2.26. The van der Waals surface area contributed by atoms with Crippen LogP contribution in [0.25, 0.3) is 10.1 Å². The molecule has 0 aliphatic rings. The van der Waals surface area contributed by atoms with Crippen LogP contribution in [0, 0.1) is 14.9 Å². The first kappa shape index (κ1) is 9.74. The molecule has 0 saturated heterocycles. The van der Waals surface area contributed by atoms with Crippen LogP contribution in [0.1, 0.15) is 5.56 Å². The summed E-state index contributed by atoms with van der Waals surface area (Å²) in [6.07, 6.45) is 0.385. The molecule has 2 rings (SSSR count). The van der Waals surface area contributed by atoms with Crippen molar-refractivity contribution in [1.82, 2.24) is 0 Å². The standard InChI is InChI=1S/C10H7IN2S/c11-9-7-2-4-14-8(7)5-6(1-3-12)10(9)13/h2,4-5H,1,13H2. The quantitative estimate of drug-likeness (QED) is 0.649. The molecule has 0 amide bonds. The van der Waals surface area contributed by atoms with Gasteiger partial charge in [0.15, 0.2) is 0 Å². The predicted molar refractivity (Wildman–Crippen MR) is 68.3 cm³/mol. The number of rotatable bonds is 1. The molecular weight excluding hydrogens is 307 g/mol. The fraction of sp³-hybridized carbons (Fsp3) is 0.100. The van der Waals surface area contributed by atoms with Gasteiger partial charge in [0, 0.05) is 19.3 Å². The molecule has 1 aromatic carbocycles. The van der Waals surface area contributed by atoms with Crippen molar-refractivity contribution in [3.63, 3.8) is 0 Å². The Kier molecular flexibility index (Phi) is 2.61. The number of fused-ring (bicyclic) bond motifs is 1. The van der Waals surface area contributed by atoms with E-state index < -0.39 is 0 Å². The van der Waals surface area contributed by atoms with Gasteiger partial charge in [0.05, 0.1) is 12.5 Å². The second kappa shape index (κ2) is 3.75. The lowest BCUT2D eigenvalue weighted by atomic mass is 10.1. The van der Waals surface area contributed by atoms with Crippen molar-refractivity contribution in [2.24, 2.45) is 0 Å². The topological polar surface area (TPSA) is 49.8 Å². The molecule has 0 fully saturated rings. The molecule has 0 spiro atoms. The van der Waals surface area contributed by atoms with E-state index in [9.17, 15) is 0 Å². The number of nitrogen functional groups attached to an aromatic ring is 1. The number of nitrogens with zero attached hydrogens (tertiary/aromatic N) is 1. The fourth-order valence-corrected chi connectivity index (χ4v) is 3.23. The highest BCUT2D eigenvalue weighted by molar-refractivity contribution is 14.1. The summed E-state index contributed by atoms with van der Waals surface area (Å²) in [7, 11) is 0. The minimum Gasteiger partial charge on any atom is -0.398 e. The largest absolute Gasteiger partial charge is 0.398 e. The third kappa shape index (κ3) is 1.47. The number of hydrogen-bond donors (Lipinski definition) is 1. The summed E-state index contributed by atoms with van der Waals surface area (Å²) in [5.41, 5.74) is 7.63. The van der Waals surface area contributed by atoms with Crippen LogP contribution < -0.4 is 5.73 Å². The molecule has 0 aliphatic heterocycles. The Bertz CT molecular complexity index is 525. The van der Waals surface area contributed by atoms with Crippen LogP contribution in [0.3, 0.4) is 0 Å². The van der Waals surface area contributed by atoms with Gasteiger partial charge in [0.25, 0.3) is 0 Å². The van der Waals surface area contributed by atoms with Crippen LogP contribution >= 0.6 is 33.9 Å². The van der Waals surface area contributed by atoms with Crippen molar-refractivity contribution in [3.8, 4) is 6.07 Å². The number of nitriles is 1. The number of nitrogens with two attached hydrogens (primary N) is 1. The van der Waals surface area contributed by atoms with Crippen molar-refractivity contribution in [3.05, 3.63) is 26.6 Å². The first-order chi connectivity index (χ1) is 6.74. The van der Waals surface area contributed by atoms with Gasteiger partial charge in [-0.05, 0) is 45.7 Å². The molecule has 2 aromatic rings. The third-order valence-corrected chi connectivity index (χ3v) is 4.11. The number of thiophene rings is 1.